The molecule has 1 rings (SSSR count). The molecule has 0 spiro atoms. The lowest BCUT2D eigenvalue weighted by atomic mass is 10.1. The number of nitrogens with one attached hydrogen (secondary N) is 1. The van der Waals surface area contributed by atoms with Crippen molar-refractivity contribution in [2.45, 2.75) is 40.5 Å². The van der Waals surface area contributed by atoms with E-state index in [0.717, 1.165) is 30.2 Å². The van der Waals surface area contributed by atoms with E-state index >= 15 is 0 Å². The van der Waals surface area contributed by atoms with Crippen LogP contribution in [-0.2, 0) is 0 Å². The third kappa shape index (κ3) is 4.06. The summed E-state index contributed by atoms with van der Waals surface area (Å²) in [5.41, 5.74) is 2.61. The lowest BCUT2D eigenvalue weighted by Gasteiger charge is -2.05. The summed E-state index contributed by atoms with van der Waals surface area (Å²) in [7, 11) is 0. The van der Waals surface area contributed by atoms with Gasteiger partial charge in [0, 0.05) is 6.54 Å². The van der Waals surface area contributed by atoms with Gasteiger partial charge in [-0.1, -0.05) is 19.4 Å². The third-order valence-corrected chi connectivity index (χ3v) is 3.53. The van der Waals surface area contributed by atoms with E-state index in [9.17, 15) is 0 Å². The Bertz CT molecular complexity index is 353. The number of nitrogens with zero attached hydrogens (tertiary/aromatic N) is 1. The van der Waals surface area contributed by atoms with E-state index in [1.54, 1.807) is 11.3 Å². The van der Waals surface area contributed by atoms with Crippen molar-refractivity contribution in [2.24, 2.45) is 0 Å². The molecule has 0 aliphatic rings. The molecule has 0 aliphatic carbocycles. The summed E-state index contributed by atoms with van der Waals surface area (Å²) in [5, 5.41) is 4.60. The first kappa shape index (κ1) is 13.4. The fraction of sp³-hybridized carbons (Fsp3) is 0.615. The van der Waals surface area contributed by atoms with Crippen LogP contribution in [0, 0.1) is 13.8 Å². The number of aromatic nitrogens is 1. The molecule has 0 radical (unpaired) electrons. The smallest absolute Gasteiger partial charge is 0.0903 e. The number of hydrogen-bond donors (Lipinski definition) is 1. The molecule has 2 nitrogen and oxygen atoms in total. The van der Waals surface area contributed by atoms with Crippen molar-refractivity contribution in [1.82, 2.24) is 10.3 Å². The molecular formula is C13H22N2S. The van der Waals surface area contributed by atoms with Gasteiger partial charge in [-0.15, -0.1) is 11.3 Å². The lowest BCUT2D eigenvalue weighted by Crippen LogP contribution is -2.17. The standard InChI is InChI=1S/C13H22N2S/c1-5-7-14-9-12(6-2)8-13-10(3)15-11(4)16-13/h8,14H,5-7,9H2,1-4H3. The topological polar surface area (TPSA) is 24.9 Å². The molecule has 1 heterocycles. The van der Waals surface area contributed by atoms with Gasteiger partial charge < -0.3 is 5.32 Å². The first-order valence-electron chi connectivity index (χ1n) is 6.01. The first-order valence-corrected chi connectivity index (χ1v) is 6.83. The number of thiazole rings is 1. The van der Waals surface area contributed by atoms with Crippen molar-refractivity contribution in [2.75, 3.05) is 13.1 Å². The predicted octanol–water partition coefficient (Wildman–Crippen LogP) is 3.55. The zero-order chi connectivity index (χ0) is 12.0. The molecule has 1 aromatic rings. The summed E-state index contributed by atoms with van der Waals surface area (Å²) in [4.78, 5) is 5.76. The summed E-state index contributed by atoms with van der Waals surface area (Å²) in [5.74, 6) is 0. The molecule has 0 unspecified atom stereocenters. The van der Waals surface area contributed by atoms with Crippen LogP contribution < -0.4 is 5.32 Å². The monoisotopic (exact) mass is 238 g/mol. The quantitative estimate of drug-likeness (QED) is 0.767. The minimum Gasteiger partial charge on any atom is -0.313 e. The third-order valence-electron chi connectivity index (χ3n) is 2.51. The molecular weight excluding hydrogens is 216 g/mol. The van der Waals surface area contributed by atoms with Gasteiger partial charge in [-0.05, 0) is 39.3 Å². The first-order chi connectivity index (χ1) is 7.67. The zero-order valence-corrected chi connectivity index (χ0v) is 11.6. The Morgan fingerprint density at radius 2 is 2.12 bits per heavy atom. The van der Waals surface area contributed by atoms with Crippen molar-refractivity contribution in [3.05, 3.63) is 21.2 Å². The second-order valence-corrected chi connectivity index (χ2v) is 5.25. The average molecular weight is 238 g/mol. The van der Waals surface area contributed by atoms with Gasteiger partial charge in [-0.2, -0.15) is 0 Å². The van der Waals surface area contributed by atoms with Crippen molar-refractivity contribution in [1.29, 1.82) is 0 Å². The molecule has 0 saturated carbocycles. The highest BCUT2D eigenvalue weighted by atomic mass is 32.1. The Kier molecular flexibility index (Phi) is 5.71. The molecule has 0 aliphatic heterocycles. The maximum absolute atomic E-state index is 4.45. The molecule has 0 amide bonds. The molecule has 0 fully saturated rings. The van der Waals surface area contributed by atoms with Gasteiger partial charge in [0.1, 0.15) is 0 Å². The Labute approximate surface area is 103 Å². The van der Waals surface area contributed by atoms with Crippen molar-refractivity contribution < 1.29 is 0 Å². The normalized spacial score (nSPS) is 12.1. The number of aryl methyl sites for hydroxylation is 2. The van der Waals surface area contributed by atoms with E-state index in [0.29, 0.717) is 0 Å². The van der Waals surface area contributed by atoms with Crippen molar-refractivity contribution in [3.8, 4) is 0 Å². The van der Waals surface area contributed by atoms with Crippen LogP contribution in [0.4, 0.5) is 0 Å². The van der Waals surface area contributed by atoms with Gasteiger partial charge in [0.15, 0.2) is 0 Å². The second-order valence-electron chi connectivity index (χ2n) is 4.02. The van der Waals surface area contributed by atoms with E-state index in [4.69, 9.17) is 0 Å². The van der Waals surface area contributed by atoms with Crippen LogP contribution in [0.1, 0.15) is 42.3 Å². The Morgan fingerprint density at radius 1 is 1.38 bits per heavy atom. The highest BCUT2D eigenvalue weighted by Gasteiger charge is 2.03. The molecule has 3 heteroatoms. The fourth-order valence-corrected chi connectivity index (χ4v) is 2.49. The van der Waals surface area contributed by atoms with Crippen molar-refractivity contribution in [3.63, 3.8) is 0 Å². The predicted molar refractivity (Wildman–Crippen MR) is 73.0 cm³/mol. The van der Waals surface area contributed by atoms with Crippen LogP contribution >= 0.6 is 11.3 Å². The highest BCUT2D eigenvalue weighted by Crippen LogP contribution is 2.20. The van der Waals surface area contributed by atoms with Crippen LogP contribution in [0.2, 0.25) is 0 Å². The van der Waals surface area contributed by atoms with Crippen LogP contribution in [0.5, 0.6) is 0 Å². The number of hydrogen-bond acceptors (Lipinski definition) is 3. The molecule has 0 aromatic carbocycles. The van der Waals surface area contributed by atoms with Gasteiger partial charge in [-0.3, -0.25) is 0 Å². The fourth-order valence-electron chi connectivity index (χ4n) is 1.57. The van der Waals surface area contributed by atoms with Gasteiger partial charge in [-0.25, -0.2) is 4.98 Å². The Hall–Kier alpha value is -0.670. The molecule has 90 valence electrons. The van der Waals surface area contributed by atoms with Gasteiger partial charge in [0.05, 0.1) is 15.6 Å². The van der Waals surface area contributed by atoms with E-state index in [2.05, 4.69) is 44.1 Å². The van der Waals surface area contributed by atoms with E-state index in [1.165, 1.54) is 16.9 Å². The maximum atomic E-state index is 4.45. The molecule has 0 atom stereocenters. The largest absolute Gasteiger partial charge is 0.313 e. The van der Waals surface area contributed by atoms with Crippen LogP contribution in [0.25, 0.3) is 6.08 Å². The summed E-state index contributed by atoms with van der Waals surface area (Å²) in [6.07, 6.45) is 4.59. The SMILES string of the molecule is CCCNCC(=Cc1sc(C)nc1C)CC. The van der Waals surface area contributed by atoms with Gasteiger partial charge in [0.25, 0.3) is 0 Å². The van der Waals surface area contributed by atoms with E-state index < -0.39 is 0 Å². The Morgan fingerprint density at radius 3 is 2.62 bits per heavy atom. The van der Waals surface area contributed by atoms with Gasteiger partial charge >= 0.3 is 0 Å². The Balaban J connectivity index is 2.67. The lowest BCUT2D eigenvalue weighted by molar-refractivity contribution is 0.706. The molecule has 1 N–H and O–H groups in total. The summed E-state index contributed by atoms with van der Waals surface area (Å²) in [6.45, 7) is 10.7. The minimum absolute atomic E-state index is 1.00. The summed E-state index contributed by atoms with van der Waals surface area (Å²) < 4.78 is 0. The van der Waals surface area contributed by atoms with Crippen molar-refractivity contribution >= 4 is 17.4 Å². The zero-order valence-electron chi connectivity index (χ0n) is 10.8. The summed E-state index contributed by atoms with van der Waals surface area (Å²) >= 11 is 1.78. The minimum atomic E-state index is 1.00. The maximum Gasteiger partial charge on any atom is 0.0903 e. The summed E-state index contributed by atoms with van der Waals surface area (Å²) in [6, 6.07) is 0. The number of rotatable bonds is 6. The van der Waals surface area contributed by atoms with E-state index in [-0.39, 0.29) is 0 Å². The van der Waals surface area contributed by atoms with Crippen LogP contribution in [0.15, 0.2) is 5.57 Å². The van der Waals surface area contributed by atoms with Crippen LogP contribution in [-0.4, -0.2) is 18.1 Å². The van der Waals surface area contributed by atoms with Gasteiger partial charge in [0.2, 0.25) is 0 Å². The van der Waals surface area contributed by atoms with Crippen LogP contribution in [0.3, 0.4) is 0 Å². The van der Waals surface area contributed by atoms with E-state index in [1.807, 2.05) is 0 Å². The average Bonchev–Trinajstić information content (AvgIpc) is 2.56. The molecule has 0 bridgehead atoms. The highest BCUT2D eigenvalue weighted by molar-refractivity contribution is 7.12. The molecule has 0 saturated heterocycles. The molecule has 16 heavy (non-hydrogen) atoms. The second kappa shape index (κ2) is 6.81. The molecule has 1 aromatic heterocycles.